The van der Waals surface area contributed by atoms with Gasteiger partial charge in [0.1, 0.15) is 0 Å². The Kier molecular flexibility index (Phi) is 5.49. The molecule has 138 valence electrons. The highest BCUT2D eigenvalue weighted by molar-refractivity contribution is 5.76. The number of carbonyl (C=O) groups excluding carboxylic acids is 1. The van der Waals surface area contributed by atoms with E-state index in [0.717, 1.165) is 36.5 Å². The summed E-state index contributed by atoms with van der Waals surface area (Å²) in [5, 5.41) is 0. The first-order valence-corrected chi connectivity index (χ1v) is 8.67. The smallest absolute Gasteiger partial charge is 0.368 e. The number of hydrogen-bond acceptors (Lipinski definition) is 2. The van der Waals surface area contributed by atoms with E-state index in [1.54, 1.807) is 0 Å². The molecule has 0 unspecified atom stereocenters. The van der Waals surface area contributed by atoms with Gasteiger partial charge in [0.25, 0.3) is 0 Å². The van der Waals surface area contributed by atoms with Crippen LogP contribution < -0.4 is 4.90 Å². The SMILES string of the molecule is O=C(CCc1ccc(C(F)(F)F)cc1)N1CCN(c2ccccc2)CC1. The molecule has 2 aromatic rings. The molecular weight excluding hydrogens is 341 g/mol. The molecule has 1 aliphatic rings. The largest absolute Gasteiger partial charge is 0.416 e. The van der Waals surface area contributed by atoms with Crippen LogP contribution in [0.15, 0.2) is 54.6 Å². The molecule has 0 spiro atoms. The summed E-state index contributed by atoms with van der Waals surface area (Å²) in [7, 11) is 0. The van der Waals surface area contributed by atoms with E-state index in [2.05, 4.69) is 17.0 Å². The Labute approximate surface area is 151 Å². The maximum Gasteiger partial charge on any atom is 0.416 e. The molecule has 3 rings (SSSR count). The van der Waals surface area contributed by atoms with Crippen molar-refractivity contribution in [3.05, 3.63) is 65.7 Å². The van der Waals surface area contributed by atoms with E-state index < -0.39 is 11.7 Å². The van der Waals surface area contributed by atoms with Gasteiger partial charge in [0.15, 0.2) is 0 Å². The molecule has 3 nitrogen and oxygen atoms in total. The summed E-state index contributed by atoms with van der Waals surface area (Å²) >= 11 is 0. The Balaban J connectivity index is 1.47. The number of para-hydroxylation sites is 1. The average Bonchev–Trinajstić information content (AvgIpc) is 2.66. The number of rotatable bonds is 4. The molecular formula is C20H21F3N2O. The second-order valence-electron chi connectivity index (χ2n) is 6.40. The molecule has 26 heavy (non-hydrogen) atoms. The number of hydrogen-bond donors (Lipinski definition) is 0. The summed E-state index contributed by atoms with van der Waals surface area (Å²) in [6.45, 7) is 2.91. The Morgan fingerprint density at radius 2 is 1.50 bits per heavy atom. The van der Waals surface area contributed by atoms with E-state index in [9.17, 15) is 18.0 Å². The topological polar surface area (TPSA) is 23.6 Å². The van der Waals surface area contributed by atoms with Gasteiger partial charge in [-0.25, -0.2) is 0 Å². The number of benzene rings is 2. The molecule has 0 atom stereocenters. The molecule has 0 aliphatic carbocycles. The van der Waals surface area contributed by atoms with Crippen LogP contribution in [0.2, 0.25) is 0 Å². The van der Waals surface area contributed by atoms with E-state index in [0.29, 0.717) is 25.9 Å². The third-order valence-electron chi connectivity index (χ3n) is 4.66. The number of alkyl halides is 3. The Morgan fingerprint density at radius 3 is 2.08 bits per heavy atom. The van der Waals surface area contributed by atoms with E-state index in [1.165, 1.54) is 12.1 Å². The van der Waals surface area contributed by atoms with Crippen molar-refractivity contribution in [2.75, 3.05) is 31.1 Å². The quantitative estimate of drug-likeness (QED) is 0.821. The van der Waals surface area contributed by atoms with Crippen LogP contribution in [0.25, 0.3) is 0 Å². The Hall–Kier alpha value is -2.50. The summed E-state index contributed by atoms with van der Waals surface area (Å²) in [5.41, 5.74) is 1.24. The van der Waals surface area contributed by atoms with Gasteiger partial charge in [-0.3, -0.25) is 4.79 Å². The zero-order valence-electron chi connectivity index (χ0n) is 14.4. The van der Waals surface area contributed by atoms with Crippen molar-refractivity contribution >= 4 is 11.6 Å². The van der Waals surface area contributed by atoms with Crippen LogP contribution in [0.1, 0.15) is 17.5 Å². The second kappa shape index (κ2) is 7.81. The Morgan fingerprint density at radius 1 is 0.885 bits per heavy atom. The third-order valence-corrected chi connectivity index (χ3v) is 4.66. The average molecular weight is 362 g/mol. The van der Waals surface area contributed by atoms with Crippen molar-refractivity contribution in [1.82, 2.24) is 4.90 Å². The number of amides is 1. The van der Waals surface area contributed by atoms with Gasteiger partial charge in [-0.2, -0.15) is 13.2 Å². The molecule has 6 heteroatoms. The predicted octanol–water partition coefficient (Wildman–Crippen LogP) is 3.99. The van der Waals surface area contributed by atoms with Gasteiger partial charge in [-0.15, -0.1) is 0 Å². The summed E-state index contributed by atoms with van der Waals surface area (Å²) in [6, 6.07) is 15.1. The summed E-state index contributed by atoms with van der Waals surface area (Å²) in [4.78, 5) is 16.5. The van der Waals surface area contributed by atoms with E-state index in [-0.39, 0.29) is 5.91 Å². The Bertz CT molecular complexity index is 721. The molecule has 1 fully saturated rings. The van der Waals surface area contributed by atoms with Gasteiger partial charge in [-0.1, -0.05) is 30.3 Å². The first kappa shape index (κ1) is 18.3. The molecule has 1 saturated heterocycles. The first-order chi connectivity index (χ1) is 12.4. The molecule has 0 saturated carbocycles. The molecule has 1 amide bonds. The highest BCUT2D eigenvalue weighted by atomic mass is 19.4. The zero-order chi connectivity index (χ0) is 18.6. The van der Waals surface area contributed by atoms with Gasteiger partial charge in [0, 0.05) is 38.3 Å². The highest BCUT2D eigenvalue weighted by Gasteiger charge is 2.30. The van der Waals surface area contributed by atoms with Crippen molar-refractivity contribution in [1.29, 1.82) is 0 Å². The number of anilines is 1. The fourth-order valence-electron chi connectivity index (χ4n) is 3.12. The number of piperazine rings is 1. The standard InChI is InChI=1S/C20H21F3N2O/c21-20(22,23)17-9-6-16(7-10-17)8-11-19(26)25-14-12-24(13-15-25)18-4-2-1-3-5-18/h1-7,9-10H,8,11-15H2. The minimum atomic E-state index is -4.33. The lowest BCUT2D eigenvalue weighted by molar-refractivity contribution is -0.137. The van der Waals surface area contributed by atoms with Crippen LogP contribution in [0.5, 0.6) is 0 Å². The fourth-order valence-corrected chi connectivity index (χ4v) is 3.12. The first-order valence-electron chi connectivity index (χ1n) is 8.67. The van der Waals surface area contributed by atoms with Crippen molar-refractivity contribution in [2.24, 2.45) is 0 Å². The van der Waals surface area contributed by atoms with Crippen LogP contribution in [0.3, 0.4) is 0 Å². The number of aryl methyl sites for hydroxylation is 1. The van der Waals surface area contributed by atoms with Crippen molar-refractivity contribution in [3.63, 3.8) is 0 Å². The number of nitrogens with zero attached hydrogens (tertiary/aromatic N) is 2. The lowest BCUT2D eigenvalue weighted by Gasteiger charge is -2.36. The monoisotopic (exact) mass is 362 g/mol. The molecule has 2 aromatic carbocycles. The predicted molar refractivity (Wildman–Crippen MR) is 95.0 cm³/mol. The molecule has 0 aromatic heterocycles. The van der Waals surface area contributed by atoms with Crippen molar-refractivity contribution in [2.45, 2.75) is 19.0 Å². The highest BCUT2D eigenvalue weighted by Crippen LogP contribution is 2.29. The third kappa shape index (κ3) is 4.56. The molecule has 0 N–H and O–H groups in total. The fraction of sp³-hybridized carbons (Fsp3) is 0.350. The van der Waals surface area contributed by atoms with E-state index >= 15 is 0 Å². The molecule has 0 bridgehead atoms. The van der Waals surface area contributed by atoms with Gasteiger partial charge >= 0.3 is 6.18 Å². The van der Waals surface area contributed by atoms with Crippen LogP contribution >= 0.6 is 0 Å². The van der Waals surface area contributed by atoms with Crippen LogP contribution in [0, 0.1) is 0 Å². The van der Waals surface area contributed by atoms with Gasteiger partial charge in [0.05, 0.1) is 5.56 Å². The lowest BCUT2D eigenvalue weighted by atomic mass is 10.1. The summed E-state index contributed by atoms with van der Waals surface area (Å²) in [5.74, 6) is 0.0533. The van der Waals surface area contributed by atoms with E-state index in [1.807, 2.05) is 23.1 Å². The number of carbonyl (C=O) groups is 1. The van der Waals surface area contributed by atoms with Gasteiger partial charge in [0.2, 0.25) is 5.91 Å². The molecule has 0 radical (unpaired) electrons. The maximum atomic E-state index is 12.6. The van der Waals surface area contributed by atoms with Crippen LogP contribution in [-0.4, -0.2) is 37.0 Å². The summed E-state index contributed by atoms with van der Waals surface area (Å²) < 4.78 is 37.7. The lowest BCUT2D eigenvalue weighted by Crippen LogP contribution is -2.48. The minimum absolute atomic E-state index is 0.0533. The summed E-state index contributed by atoms with van der Waals surface area (Å²) in [6.07, 6.45) is -3.56. The molecule has 1 heterocycles. The van der Waals surface area contributed by atoms with Crippen molar-refractivity contribution < 1.29 is 18.0 Å². The van der Waals surface area contributed by atoms with Crippen LogP contribution in [-0.2, 0) is 17.4 Å². The zero-order valence-corrected chi connectivity index (χ0v) is 14.4. The normalized spacial score (nSPS) is 15.2. The van der Waals surface area contributed by atoms with E-state index in [4.69, 9.17) is 0 Å². The van der Waals surface area contributed by atoms with Gasteiger partial charge in [-0.05, 0) is 36.2 Å². The minimum Gasteiger partial charge on any atom is -0.368 e. The molecule has 1 aliphatic heterocycles. The number of halogens is 3. The van der Waals surface area contributed by atoms with Crippen LogP contribution in [0.4, 0.5) is 18.9 Å². The van der Waals surface area contributed by atoms with Crippen molar-refractivity contribution in [3.8, 4) is 0 Å². The maximum absolute atomic E-state index is 12.6. The second-order valence-corrected chi connectivity index (χ2v) is 6.40. The van der Waals surface area contributed by atoms with Gasteiger partial charge < -0.3 is 9.80 Å².